The van der Waals surface area contributed by atoms with E-state index in [1.54, 1.807) is 35.1 Å². The first-order valence-electron chi connectivity index (χ1n) is 5.94. The molecule has 1 atom stereocenters. The first-order valence-corrected chi connectivity index (χ1v) is 6.32. The van der Waals surface area contributed by atoms with E-state index >= 15 is 0 Å². The maximum atomic E-state index is 11.8. The Bertz CT molecular complexity index is 524. The number of hydrogen-bond donors (Lipinski definition) is 2. The number of carbonyl (C=O) groups excluding carboxylic acids is 1. The standard InChI is InChI=1S/C13H15ClN4O/c1-10(9-18-8-2-7-15-18)16-13(19)17-12-5-3-11(14)4-6-12/h2-8,10H,9H2,1H3,(H2,16,17,19)/t10-/m1/s1. The zero-order chi connectivity index (χ0) is 13.7. The monoisotopic (exact) mass is 278 g/mol. The van der Waals surface area contributed by atoms with E-state index < -0.39 is 0 Å². The largest absolute Gasteiger partial charge is 0.334 e. The van der Waals surface area contributed by atoms with Crippen molar-refractivity contribution in [3.05, 3.63) is 47.7 Å². The fourth-order valence-corrected chi connectivity index (χ4v) is 1.78. The van der Waals surface area contributed by atoms with Crippen LogP contribution in [-0.4, -0.2) is 21.9 Å². The normalized spacial score (nSPS) is 11.9. The van der Waals surface area contributed by atoms with Crippen molar-refractivity contribution in [2.24, 2.45) is 0 Å². The molecule has 0 bridgehead atoms. The van der Waals surface area contributed by atoms with Gasteiger partial charge >= 0.3 is 6.03 Å². The van der Waals surface area contributed by atoms with E-state index in [9.17, 15) is 4.79 Å². The predicted octanol–water partition coefficient (Wildman–Crippen LogP) is 2.75. The van der Waals surface area contributed by atoms with Gasteiger partial charge in [-0.2, -0.15) is 5.10 Å². The second-order valence-corrected chi connectivity index (χ2v) is 4.67. The summed E-state index contributed by atoms with van der Waals surface area (Å²) in [5, 5.41) is 10.3. The Hall–Kier alpha value is -2.01. The van der Waals surface area contributed by atoms with E-state index in [2.05, 4.69) is 15.7 Å². The van der Waals surface area contributed by atoms with Crippen LogP contribution in [0.3, 0.4) is 0 Å². The number of halogens is 1. The van der Waals surface area contributed by atoms with Crippen LogP contribution in [0.1, 0.15) is 6.92 Å². The van der Waals surface area contributed by atoms with Crippen LogP contribution >= 0.6 is 11.6 Å². The summed E-state index contributed by atoms with van der Waals surface area (Å²) in [5.41, 5.74) is 0.702. The molecular formula is C13H15ClN4O. The van der Waals surface area contributed by atoms with Crippen molar-refractivity contribution >= 4 is 23.3 Å². The number of amides is 2. The maximum Gasteiger partial charge on any atom is 0.319 e. The topological polar surface area (TPSA) is 59.0 Å². The highest BCUT2D eigenvalue weighted by Crippen LogP contribution is 2.13. The fourth-order valence-electron chi connectivity index (χ4n) is 1.66. The summed E-state index contributed by atoms with van der Waals surface area (Å²) < 4.78 is 1.77. The lowest BCUT2D eigenvalue weighted by Gasteiger charge is -2.14. The average Bonchev–Trinajstić information content (AvgIpc) is 2.84. The Kier molecular flexibility index (Phi) is 4.41. The van der Waals surface area contributed by atoms with Gasteiger partial charge in [0.25, 0.3) is 0 Å². The Morgan fingerprint density at radius 1 is 1.42 bits per heavy atom. The van der Waals surface area contributed by atoms with Crippen LogP contribution in [-0.2, 0) is 6.54 Å². The molecule has 0 spiro atoms. The fraction of sp³-hybridized carbons (Fsp3) is 0.231. The molecule has 0 radical (unpaired) electrons. The highest BCUT2D eigenvalue weighted by molar-refractivity contribution is 6.30. The molecule has 100 valence electrons. The SMILES string of the molecule is C[C@H](Cn1cccn1)NC(=O)Nc1ccc(Cl)cc1. The number of benzene rings is 1. The highest BCUT2D eigenvalue weighted by atomic mass is 35.5. The van der Waals surface area contributed by atoms with Crippen LogP contribution in [0.5, 0.6) is 0 Å². The third-order valence-corrected chi connectivity index (χ3v) is 2.75. The van der Waals surface area contributed by atoms with Gasteiger partial charge in [0.15, 0.2) is 0 Å². The van der Waals surface area contributed by atoms with Gasteiger partial charge in [-0.15, -0.1) is 0 Å². The summed E-state index contributed by atoms with van der Waals surface area (Å²) in [6, 6.07) is 8.53. The zero-order valence-corrected chi connectivity index (χ0v) is 11.3. The van der Waals surface area contributed by atoms with Gasteiger partial charge in [0, 0.05) is 29.1 Å². The lowest BCUT2D eigenvalue weighted by Crippen LogP contribution is -2.38. The Morgan fingerprint density at radius 3 is 2.79 bits per heavy atom. The molecule has 0 unspecified atom stereocenters. The molecule has 6 heteroatoms. The molecule has 0 saturated heterocycles. The summed E-state index contributed by atoms with van der Waals surface area (Å²) >= 11 is 5.77. The van der Waals surface area contributed by atoms with Crippen molar-refractivity contribution in [2.75, 3.05) is 5.32 Å². The first-order chi connectivity index (χ1) is 9.13. The van der Waals surface area contributed by atoms with E-state index in [-0.39, 0.29) is 12.1 Å². The number of hydrogen-bond acceptors (Lipinski definition) is 2. The van der Waals surface area contributed by atoms with Crippen molar-refractivity contribution in [3.63, 3.8) is 0 Å². The molecule has 1 aromatic carbocycles. The van der Waals surface area contributed by atoms with E-state index in [0.29, 0.717) is 17.3 Å². The molecule has 2 rings (SSSR count). The Balaban J connectivity index is 1.82. The van der Waals surface area contributed by atoms with Gasteiger partial charge in [0.2, 0.25) is 0 Å². The number of aromatic nitrogens is 2. The van der Waals surface area contributed by atoms with E-state index in [0.717, 1.165) is 0 Å². The van der Waals surface area contributed by atoms with Crippen LogP contribution in [0, 0.1) is 0 Å². The van der Waals surface area contributed by atoms with Crippen LogP contribution in [0.25, 0.3) is 0 Å². The summed E-state index contributed by atoms with van der Waals surface area (Å²) in [7, 11) is 0. The van der Waals surface area contributed by atoms with Crippen LogP contribution in [0.2, 0.25) is 5.02 Å². The van der Waals surface area contributed by atoms with Crippen molar-refractivity contribution < 1.29 is 4.79 Å². The molecule has 0 aliphatic heterocycles. The number of carbonyl (C=O) groups is 1. The Labute approximate surface area is 116 Å². The van der Waals surface area contributed by atoms with Gasteiger partial charge in [-0.25, -0.2) is 4.79 Å². The highest BCUT2D eigenvalue weighted by Gasteiger charge is 2.08. The van der Waals surface area contributed by atoms with E-state index in [1.807, 2.05) is 19.2 Å². The number of urea groups is 1. The van der Waals surface area contributed by atoms with Gasteiger partial charge in [0.1, 0.15) is 0 Å². The molecule has 2 aromatic rings. The van der Waals surface area contributed by atoms with Crippen LogP contribution < -0.4 is 10.6 Å². The summed E-state index contributed by atoms with van der Waals surface area (Å²) in [6.07, 6.45) is 3.57. The van der Waals surface area contributed by atoms with E-state index in [1.165, 1.54) is 0 Å². The van der Waals surface area contributed by atoms with Gasteiger partial charge in [-0.3, -0.25) is 4.68 Å². The van der Waals surface area contributed by atoms with Crippen molar-refractivity contribution in [2.45, 2.75) is 19.5 Å². The molecule has 0 saturated carbocycles. The summed E-state index contributed by atoms with van der Waals surface area (Å²) in [6.45, 7) is 2.55. The molecule has 2 N–H and O–H groups in total. The molecule has 5 nitrogen and oxygen atoms in total. The predicted molar refractivity (Wildman–Crippen MR) is 75.3 cm³/mol. The second kappa shape index (κ2) is 6.24. The molecule has 0 aliphatic rings. The molecule has 1 aromatic heterocycles. The third-order valence-electron chi connectivity index (χ3n) is 2.50. The smallest absolute Gasteiger partial charge is 0.319 e. The van der Waals surface area contributed by atoms with Gasteiger partial charge < -0.3 is 10.6 Å². The quantitative estimate of drug-likeness (QED) is 0.903. The van der Waals surface area contributed by atoms with Crippen molar-refractivity contribution in [1.29, 1.82) is 0 Å². The minimum absolute atomic E-state index is 0.0211. The van der Waals surface area contributed by atoms with Gasteiger partial charge in [-0.05, 0) is 37.3 Å². The lowest BCUT2D eigenvalue weighted by molar-refractivity contribution is 0.247. The first kappa shape index (κ1) is 13.4. The van der Waals surface area contributed by atoms with Crippen LogP contribution in [0.15, 0.2) is 42.7 Å². The second-order valence-electron chi connectivity index (χ2n) is 4.23. The number of nitrogens with zero attached hydrogens (tertiary/aromatic N) is 2. The molecule has 0 aliphatic carbocycles. The number of rotatable bonds is 4. The minimum atomic E-state index is -0.248. The number of anilines is 1. The summed E-state index contributed by atoms with van der Waals surface area (Å²) in [5.74, 6) is 0. The lowest BCUT2D eigenvalue weighted by atomic mass is 10.3. The average molecular weight is 279 g/mol. The third kappa shape index (κ3) is 4.30. The molecular weight excluding hydrogens is 264 g/mol. The molecule has 0 fully saturated rings. The van der Waals surface area contributed by atoms with Crippen molar-refractivity contribution in [1.82, 2.24) is 15.1 Å². The van der Waals surface area contributed by atoms with E-state index in [4.69, 9.17) is 11.6 Å². The van der Waals surface area contributed by atoms with Gasteiger partial charge in [-0.1, -0.05) is 11.6 Å². The van der Waals surface area contributed by atoms with Crippen LogP contribution in [0.4, 0.5) is 10.5 Å². The summed E-state index contributed by atoms with van der Waals surface area (Å²) in [4.78, 5) is 11.8. The minimum Gasteiger partial charge on any atom is -0.334 e. The maximum absolute atomic E-state index is 11.8. The van der Waals surface area contributed by atoms with Crippen molar-refractivity contribution in [3.8, 4) is 0 Å². The van der Waals surface area contributed by atoms with Gasteiger partial charge in [0.05, 0.1) is 6.54 Å². The molecule has 19 heavy (non-hydrogen) atoms. The Morgan fingerprint density at radius 2 is 2.16 bits per heavy atom. The zero-order valence-electron chi connectivity index (χ0n) is 10.5. The number of nitrogens with one attached hydrogen (secondary N) is 2. The molecule has 2 amide bonds. The molecule has 1 heterocycles.